The number of rotatable bonds is 8. The van der Waals surface area contributed by atoms with E-state index in [2.05, 4.69) is 31.0 Å². The highest BCUT2D eigenvalue weighted by Crippen LogP contribution is 2.25. The van der Waals surface area contributed by atoms with Crippen LogP contribution >= 0.6 is 11.8 Å². The van der Waals surface area contributed by atoms with Crippen LogP contribution < -0.4 is 10.6 Å². The Hall–Kier alpha value is -3.07. The van der Waals surface area contributed by atoms with Gasteiger partial charge in [0.2, 0.25) is 11.1 Å². The summed E-state index contributed by atoms with van der Waals surface area (Å²) in [4.78, 5) is 14.2. The van der Waals surface area contributed by atoms with Crippen LogP contribution in [0.25, 0.3) is 0 Å². The summed E-state index contributed by atoms with van der Waals surface area (Å²) in [5, 5.41) is 8.58. The number of ether oxygens (including phenoxy) is 1. The molecule has 0 spiro atoms. The molecule has 0 aliphatic rings. The van der Waals surface area contributed by atoms with Crippen molar-refractivity contribution in [3.8, 4) is 5.75 Å². The smallest absolute Gasteiger partial charge is 0.233 e. The number of carbonyl (C=O) groups excluding carboxylic acids is 1. The molecule has 2 N–H and O–H groups in total. The first kappa shape index (κ1) is 24.6. The molecular formula is C24H30FN5O2S. The second-order valence-electron chi connectivity index (χ2n) is 8.85. The van der Waals surface area contributed by atoms with Crippen molar-refractivity contribution in [2.75, 3.05) is 18.6 Å². The normalized spacial score (nSPS) is 12.4. The van der Waals surface area contributed by atoms with Gasteiger partial charge in [0.15, 0.2) is 5.82 Å². The highest BCUT2D eigenvalue weighted by Gasteiger charge is 2.20. The third-order valence-corrected chi connectivity index (χ3v) is 6.40. The van der Waals surface area contributed by atoms with Crippen LogP contribution in [-0.2, 0) is 16.8 Å². The molecule has 3 aromatic rings. The fourth-order valence-electron chi connectivity index (χ4n) is 3.11. The molecule has 0 aliphatic heterocycles. The molecule has 1 aromatic heterocycles. The maximum atomic E-state index is 13.1. The molecule has 0 aliphatic carbocycles. The van der Waals surface area contributed by atoms with Gasteiger partial charge in [-0.25, -0.2) is 9.07 Å². The molecule has 1 atom stereocenters. The van der Waals surface area contributed by atoms with Crippen molar-refractivity contribution in [1.29, 1.82) is 0 Å². The second-order valence-corrected chi connectivity index (χ2v) is 9.80. The molecule has 176 valence electrons. The molecule has 1 unspecified atom stereocenters. The summed E-state index contributed by atoms with van der Waals surface area (Å²) >= 11 is 1.20. The Morgan fingerprint density at radius 1 is 1.15 bits per heavy atom. The van der Waals surface area contributed by atoms with Gasteiger partial charge in [-0.3, -0.25) is 4.79 Å². The summed E-state index contributed by atoms with van der Waals surface area (Å²) < 4.78 is 20.3. The molecule has 0 saturated carbocycles. The average Bonchev–Trinajstić information content (AvgIpc) is 3.14. The minimum Gasteiger partial charge on any atom is -0.486 e. The van der Waals surface area contributed by atoms with Crippen LogP contribution in [0.2, 0.25) is 0 Å². The summed E-state index contributed by atoms with van der Waals surface area (Å²) in [5.74, 6) is 7.02. The third-order valence-electron chi connectivity index (χ3n) is 5.47. The van der Waals surface area contributed by atoms with E-state index in [0.29, 0.717) is 16.7 Å². The fraction of sp³-hybridized carbons (Fsp3) is 0.375. The number of halogens is 1. The lowest BCUT2D eigenvalue weighted by molar-refractivity contribution is -0.128. The summed E-state index contributed by atoms with van der Waals surface area (Å²) in [7, 11) is 1.72. The molecule has 0 fully saturated rings. The van der Waals surface area contributed by atoms with Crippen LogP contribution in [0.15, 0.2) is 53.7 Å². The molecule has 7 nitrogen and oxygen atoms in total. The maximum absolute atomic E-state index is 13.1. The second kappa shape index (κ2) is 10.2. The number of nitrogens with two attached hydrogens (primary N) is 1. The van der Waals surface area contributed by atoms with Crippen LogP contribution in [0.1, 0.15) is 50.7 Å². The Balaban J connectivity index is 1.54. The molecular weight excluding hydrogens is 441 g/mol. The predicted octanol–water partition coefficient (Wildman–Crippen LogP) is 4.32. The van der Waals surface area contributed by atoms with Crippen molar-refractivity contribution >= 4 is 17.7 Å². The quantitative estimate of drug-likeness (QED) is 0.389. The van der Waals surface area contributed by atoms with Crippen LogP contribution in [0, 0.1) is 5.82 Å². The lowest BCUT2D eigenvalue weighted by Gasteiger charge is -2.25. The van der Waals surface area contributed by atoms with Gasteiger partial charge in [-0.15, -0.1) is 10.2 Å². The van der Waals surface area contributed by atoms with Gasteiger partial charge in [0.25, 0.3) is 0 Å². The average molecular weight is 472 g/mol. The minimum atomic E-state index is -0.306. The maximum Gasteiger partial charge on any atom is 0.233 e. The number of nitrogen functional groups attached to an aromatic ring is 1. The SMILES string of the molecule is CC(c1ccc(F)cc1)N(C)C(=O)CSc1nnc(COc2ccc(C(C)(C)C)cc2)n1N. The van der Waals surface area contributed by atoms with Crippen molar-refractivity contribution < 1.29 is 13.9 Å². The molecule has 9 heteroatoms. The van der Waals surface area contributed by atoms with Gasteiger partial charge in [0, 0.05) is 7.05 Å². The predicted molar refractivity (Wildman–Crippen MR) is 128 cm³/mol. The molecule has 0 radical (unpaired) electrons. The Morgan fingerprint density at radius 2 is 1.79 bits per heavy atom. The highest BCUT2D eigenvalue weighted by atomic mass is 32.2. The number of hydrogen-bond acceptors (Lipinski definition) is 6. The number of carbonyl (C=O) groups is 1. The van der Waals surface area contributed by atoms with E-state index in [1.54, 1.807) is 24.1 Å². The first-order chi connectivity index (χ1) is 15.6. The van der Waals surface area contributed by atoms with Gasteiger partial charge >= 0.3 is 0 Å². The van der Waals surface area contributed by atoms with Gasteiger partial charge in [-0.1, -0.05) is 56.8 Å². The highest BCUT2D eigenvalue weighted by molar-refractivity contribution is 7.99. The van der Waals surface area contributed by atoms with Crippen LogP contribution in [0.5, 0.6) is 5.75 Å². The number of nitrogens with zero attached hydrogens (tertiary/aromatic N) is 4. The largest absolute Gasteiger partial charge is 0.486 e. The van der Waals surface area contributed by atoms with E-state index in [9.17, 15) is 9.18 Å². The van der Waals surface area contributed by atoms with Crippen molar-refractivity contribution in [3.05, 3.63) is 71.3 Å². The van der Waals surface area contributed by atoms with Gasteiger partial charge in [-0.2, -0.15) is 0 Å². The molecule has 0 saturated heterocycles. The van der Waals surface area contributed by atoms with E-state index in [1.807, 2.05) is 31.2 Å². The van der Waals surface area contributed by atoms with Gasteiger partial charge in [-0.05, 0) is 47.7 Å². The number of thioether (sulfide) groups is 1. The lowest BCUT2D eigenvalue weighted by Crippen LogP contribution is -2.31. The minimum absolute atomic E-state index is 0.0738. The van der Waals surface area contributed by atoms with E-state index in [0.717, 1.165) is 5.56 Å². The summed E-state index contributed by atoms with van der Waals surface area (Å²) in [5.41, 5.74) is 2.15. The number of amides is 1. The van der Waals surface area contributed by atoms with Crippen molar-refractivity contribution in [1.82, 2.24) is 19.8 Å². The van der Waals surface area contributed by atoms with Crippen LogP contribution in [0.4, 0.5) is 4.39 Å². The van der Waals surface area contributed by atoms with E-state index in [1.165, 1.54) is 34.1 Å². The Morgan fingerprint density at radius 3 is 2.39 bits per heavy atom. The monoisotopic (exact) mass is 471 g/mol. The Bertz CT molecular complexity index is 1080. The molecule has 2 aromatic carbocycles. The molecule has 1 amide bonds. The number of aromatic nitrogens is 3. The Labute approximate surface area is 198 Å². The summed E-state index contributed by atoms with van der Waals surface area (Å²) in [6.45, 7) is 8.53. The van der Waals surface area contributed by atoms with Crippen molar-refractivity contribution in [2.24, 2.45) is 0 Å². The molecule has 33 heavy (non-hydrogen) atoms. The van der Waals surface area contributed by atoms with Crippen molar-refractivity contribution in [2.45, 2.75) is 50.9 Å². The van der Waals surface area contributed by atoms with E-state index in [-0.39, 0.29) is 35.5 Å². The number of benzene rings is 2. The standard InChI is InChI=1S/C24H30FN5O2S/c1-16(17-6-10-19(25)11-7-17)29(5)22(31)15-33-23-28-27-21(30(23)26)14-32-20-12-8-18(9-13-20)24(2,3)4/h6-13,16H,14-15,26H2,1-5H3. The van der Waals surface area contributed by atoms with E-state index in [4.69, 9.17) is 10.6 Å². The van der Waals surface area contributed by atoms with Crippen molar-refractivity contribution in [3.63, 3.8) is 0 Å². The third kappa shape index (κ3) is 6.25. The van der Waals surface area contributed by atoms with Gasteiger partial charge < -0.3 is 15.5 Å². The van der Waals surface area contributed by atoms with Crippen LogP contribution in [-0.4, -0.2) is 38.5 Å². The zero-order valence-corrected chi connectivity index (χ0v) is 20.4. The summed E-state index contributed by atoms with van der Waals surface area (Å²) in [6, 6.07) is 13.9. The van der Waals surface area contributed by atoms with Gasteiger partial charge in [0.05, 0.1) is 11.8 Å². The summed E-state index contributed by atoms with van der Waals surface area (Å²) in [6.07, 6.45) is 0. The first-order valence-electron chi connectivity index (χ1n) is 10.6. The zero-order valence-electron chi connectivity index (χ0n) is 19.6. The van der Waals surface area contributed by atoms with E-state index >= 15 is 0 Å². The van der Waals surface area contributed by atoms with Crippen LogP contribution in [0.3, 0.4) is 0 Å². The topological polar surface area (TPSA) is 86.3 Å². The molecule has 0 bridgehead atoms. The van der Waals surface area contributed by atoms with E-state index < -0.39 is 0 Å². The zero-order chi connectivity index (χ0) is 24.2. The Kier molecular flexibility index (Phi) is 7.63. The first-order valence-corrected chi connectivity index (χ1v) is 11.6. The van der Waals surface area contributed by atoms with Gasteiger partial charge in [0.1, 0.15) is 18.2 Å². The lowest BCUT2D eigenvalue weighted by atomic mass is 9.87. The number of hydrogen-bond donors (Lipinski definition) is 1. The fourth-order valence-corrected chi connectivity index (χ4v) is 3.91. The molecule has 3 rings (SSSR count). The molecule has 1 heterocycles.